The monoisotopic (exact) mass is 394 g/mol. The van der Waals surface area contributed by atoms with Gasteiger partial charge in [-0.3, -0.25) is 14.4 Å². The Kier molecular flexibility index (Phi) is 9.93. The summed E-state index contributed by atoms with van der Waals surface area (Å²) in [4.78, 5) is 37.8. The topological polar surface area (TPSA) is 75.7 Å². The highest BCUT2D eigenvalue weighted by Crippen LogP contribution is 2.18. The van der Waals surface area contributed by atoms with E-state index in [0.717, 1.165) is 23.2 Å². The summed E-state index contributed by atoms with van der Waals surface area (Å²) in [5.74, 6) is 0.147. The number of hydrogen-bond donors (Lipinski definition) is 1. The molecule has 0 radical (unpaired) electrons. The number of carbonyl (C=O) groups excluding carboxylic acids is 3. The van der Waals surface area contributed by atoms with Crippen molar-refractivity contribution < 1.29 is 19.1 Å². The zero-order valence-corrected chi connectivity index (χ0v) is 17.6. The summed E-state index contributed by atoms with van der Waals surface area (Å²) in [6.45, 7) is 7.88. The Morgan fingerprint density at radius 2 is 1.96 bits per heavy atom. The largest absolute Gasteiger partial charge is 0.469 e. The maximum atomic E-state index is 12.6. The molecule has 1 aromatic carbocycles. The van der Waals surface area contributed by atoms with E-state index >= 15 is 0 Å². The second-order valence-electron chi connectivity index (χ2n) is 6.45. The van der Waals surface area contributed by atoms with Crippen molar-refractivity contribution in [1.82, 2.24) is 4.90 Å². The molecule has 0 spiro atoms. The first-order valence-electron chi connectivity index (χ1n) is 9.10. The maximum absolute atomic E-state index is 12.6. The molecule has 0 fully saturated rings. The third-order valence-electron chi connectivity index (χ3n) is 4.54. The Hall–Kier alpha value is -2.02. The van der Waals surface area contributed by atoms with Crippen molar-refractivity contribution in [1.29, 1.82) is 0 Å². The minimum atomic E-state index is -0.290. The first-order valence-corrected chi connectivity index (χ1v) is 10.3. The number of aryl methyl sites for hydroxylation is 1. The molecule has 0 aliphatic carbocycles. The number of ether oxygens (including phenoxy) is 1. The number of nitrogens with zero attached hydrogens (tertiary/aromatic N) is 1. The van der Waals surface area contributed by atoms with Crippen molar-refractivity contribution in [2.45, 2.75) is 46.6 Å². The number of amides is 2. The van der Waals surface area contributed by atoms with Gasteiger partial charge in [-0.1, -0.05) is 19.1 Å². The van der Waals surface area contributed by atoms with E-state index in [-0.39, 0.29) is 42.5 Å². The van der Waals surface area contributed by atoms with Gasteiger partial charge in [0.15, 0.2) is 0 Å². The number of methoxy groups -OCH3 is 1. The van der Waals surface area contributed by atoms with E-state index in [0.29, 0.717) is 5.75 Å². The van der Waals surface area contributed by atoms with Gasteiger partial charge in [0.25, 0.3) is 0 Å². The van der Waals surface area contributed by atoms with Gasteiger partial charge in [0.2, 0.25) is 11.8 Å². The predicted octanol–water partition coefficient (Wildman–Crippen LogP) is 3.17. The van der Waals surface area contributed by atoms with Gasteiger partial charge in [-0.25, -0.2) is 0 Å². The van der Waals surface area contributed by atoms with Crippen molar-refractivity contribution in [2.75, 3.05) is 30.5 Å². The van der Waals surface area contributed by atoms with Gasteiger partial charge in [0, 0.05) is 17.5 Å². The summed E-state index contributed by atoms with van der Waals surface area (Å²) < 4.78 is 4.59. The number of benzene rings is 1. The second kappa shape index (κ2) is 11.6. The highest BCUT2D eigenvalue weighted by atomic mass is 32.2. The summed E-state index contributed by atoms with van der Waals surface area (Å²) in [5.41, 5.74) is 2.89. The summed E-state index contributed by atoms with van der Waals surface area (Å²) in [6, 6.07) is 5.71. The molecule has 0 saturated heterocycles. The lowest BCUT2D eigenvalue weighted by atomic mass is 10.1. The van der Waals surface area contributed by atoms with Gasteiger partial charge in [-0.2, -0.15) is 11.8 Å². The smallest absolute Gasteiger partial charge is 0.306 e. The van der Waals surface area contributed by atoms with Gasteiger partial charge < -0.3 is 15.0 Å². The van der Waals surface area contributed by atoms with Crippen LogP contribution in [0.3, 0.4) is 0 Å². The average Bonchev–Trinajstić information content (AvgIpc) is 2.65. The summed E-state index contributed by atoms with van der Waals surface area (Å²) in [6.07, 6.45) is 1.03. The predicted molar refractivity (Wildman–Crippen MR) is 110 cm³/mol. The molecule has 150 valence electrons. The van der Waals surface area contributed by atoms with Crippen molar-refractivity contribution in [3.8, 4) is 0 Å². The number of carbonyl (C=O) groups is 3. The highest BCUT2D eigenvalue weighted by Gasteiger charge is 2.22. The van der Waals surface area contributed by atoms with Crippen LogP contribution in [-0.2, 0) is 19.1 Å². The van der Waals surface area contributed by atoms with E-state index in [9.17, 15) is 14.4 Å². The molecule has 1 aromatic rings. The number of esters is 1. The molecule has 0 aliphatic rings. The molecule has 7 heteroatoms. The van der Waals surface area contributed by atoms with Crippen molar-refractivity contribution >= 4 is 35.2 Å². The van der Waals surface area contributed by atoms with Crippen LogP contribution < -0.4 is 5.32 Å². The number of anilines is 1. The van der Waals surface area contributed by atoms with E-state index in [1.54, 1.807) is 4.90 Å². The van der Waals surface area contributed by atoms with Gasteiger partial charge in [0.1, 0.15) is 6.54 Å². The van der Waals surface area contributed by atoms with Gasteiger partial charge >= 0.3 is 5.97 Å². The molecule has 0 aliphatic heterocycles. The van der Waals surface area contributed by atoms with Gasteiger partial charge in [0.05, 0.1) is 19.3 Å². The van der Waals surface area contributed by atoms with Crippen LogP contribution in [0.5, 0.6) is 0 Å². The molecule has 0 unspecified atom stereocenters. The quantitative estimate of drug-likeness (QED) is 0.487. The van der Waals surface area contributed by atoms with Crippen LogP contribution in [0.1, 0.15) is 37.8 Å². The second-order valence-corrected chi connectivity index (χ2v) is 7.56. The number of rotatable bonds is 10. The summed E-state index contributed by atoms with van der Waals surface area (Å²) >= 11 is 1.37. The molecule has 2 amide bonds. The lowest BCUT2D eigenvalue weighted by molar-refractivity contribution is -0.140. The van der Waals surface area contributed by atoms with Crippen LogP contribution in [0.25, 0.3) is 0 Å². The minimum Gasteiger partial charge on any atom is -0.469 e. The SMILES string of the molecule is CC[C@H](C)N(CC(=O)Nc1cccc(C)c1C)C(=O)CSCCC(=O)OC. The molecule has 1 atom stereocenters. The first kappa shape index (κ1) is 23.0. The Bertz CT molecular complexity index is 663. The fourth-order valence-electron chi connectivity index (χ4n) is 2.44. The molecule has 0 aromatic heterocycles. The van der Waals surface area contributed by atoms with Gasteiger partial charge in [-0.15, -0.1) is 0 Å². The molecule has 6 nitrogen and oxygen atoms in total. The van der Waals surface area contributed by atoms with Crippen molar-refractivity contribution in [3.63, 3.8) is 0 Å². The maximum Gasteiger partial charge on any atom is 0.306 e. The van der Waals surface area contributed by atoms with E-state index in [4.69, 9.17) is 0 Å². The summed E-state index contributed by atoms with van der Waals surface area (Å²) in [7, 11) is 1.34. The Balaban J connectivity index is 2.65. The highest BCUT2D eigenvalue weighted by molar-refractivity contribution is 7.99. The Morgan fingerprint density at radius 1 is 1.26 bits per heavy atom. The summed E-state index contributed by atoms with van der Waals surface area (Å²) in [5, 5.41) is 2.90. The lowest BCUT2D eigenvalue weighted by Gasteiger charge is -2.28. The molecule has 0 saturated carbocycles. The normalized spacial score (nSPS) is 11.6. The Morgan fingerprint density at radius 3 is 2.59 bits per heavy atom. The third kappa shape index (κ3) is 7.62. The molecular formula is C20H30N2O4S. The van der Waals surface area contributed by atoms with Gasteiger partial charge in [-0.05, 0) is 44.4 Å². The Labute approximate surface area is 166 Å². The fourth-order valence-corrected chi connectivity index (χ4v) is 3.24. The average molecular weight is 395 g/mol. The van der Waals surface area contributed by atoms with Crippen molar-refractivity contribution in [2.24, 2.45) is 0 Å². The standard InChI is InChI=1S/C20H30N2O4S/c1-6-15(3)22(19(24)13-27-11-10-20(25)26-5)12-18(23)21-17-9-7-8-14(2)16(17)4/h7-9,15H,6,10-13H2,1-5H3,(H,21,23)/t15-/m0/s1. The molecule has 1 N–H and O–H groups in total. The lowest BCUT2D eigenvalue weighted by Crippen LogP contribution is -2.44. The van der Waals surface area contributed by atoms with E-state index in [2.05, 4.69) is 10.1 Å². The van der Waals surface area contributed by atoms with Crippen LogP contribution >= 0.6 is 11.8 Å². The first-order chi connectivity index (χ1) is 12.8. The molecule has 1 rings (SSSR count). The fraction of sp³-hybridized carbons (Fsp3) is 0.550. The number of thioether (sulfide) groups is 1. The molecule has 0 heterocycles. The molecular weight excluding hydrogens is 364 g/mol. The minimum absolute atomic E-state index is 0.0127. The zero-order chi connectivity index (χ0) is 20.4. The number of hydrogen-bond acceptors (Lipinski definition) is 5. The van der Waals surface area contributed by atoms with Crippen LogP contribution in [-0.4, -0.2) is 53.9 Å². The van der Waals surface area contributed by atoms with E-state index in [1.165, 1.54) is 18.9 Å². The third-order valence-corrected chi connectivity index (χ3v) is 5.48. The zero-order valence-electron chi connectivity index (χ0n) is 16.8. The van der Waals surface area contributed by atoms with Crippen molar-refractivity contribution in [3.05, 3.63) is 29.3 Å². The van der Waals surface area contributed by atoms with Crippen LogP contribution in [0.4, 0.5) is 5.69 Å². The number of nitrogens with one attached hydrogen (secondary N) is 1. The van der Waals surface area contributed by atoms with E-state index < -0.39 is 0 Å². The molecule has 27 heavy (non-hydrogen) atoms. The van der Waals surface area contributed by atoms with Crippen LogP contribution in [0.2, 0.25) is 0 Å². The van der Waals surface area contributed by atoms with Crippen LogP contribution in [0.15, 0.2) is 18.2 Å². The molecule has 0 bridgehead atoms. The van der Waals surface area contributed by atoms with Crippen LogP contribution in [0, 0.1) is 13.8 Å². The van der Waals surface area contributed by atoms with E-state index in [1.807, 2.05) is 45.9 Å².